The van der Waals surface area contributed by atoms with E-state index in [1.54, 1.807) is 19.2 Å². The van der Waals surface area contributed by atoms with Gasteiger partial charge in [0.2, 0.25) is 0 Å². The van der Waals surface area contributed by atoms with Gasteiger partial charge in [0.25, 0.3) is 5.91 Å². The number of para-hydroxylation sites is 1. The van der Waals surface area contributed by atoms with E-state index in [0.717, 1.165) is 10.8 Å². The van der Waals surface area contributed by atoms with Crippen molar-refractivity contribution in [3.05, 3.63) is 72.3 Å². The molecule has 24 heavy (non-hydrogen) atoms. The summed E-state index contributed by atoms with van der Waals surface area (Å²) in [5.74, 6) is -0.549. The Morgan fingerprint density at radius 1 is 0.958 bits per heavy atom. The average molecular weight is 327 g/mol. The first-order chi connectivity index (χ1) is 11.6. The van der Waals surface area contributed by atoms with Gasteiger partial charge >= 0.3 is 6.61 Å². The second kappa shape index (κ2) is 6.66. The second-order valence-electron chi connectivity index (χ2n) is 5.27. The van der Waals surface area contributed by atoms with Gasteiger partial charge in [0, 0.05) is 12.7 Å². The average Bonchev–Trinajstić information content (AvgIpc) is 2.60. The molecule has 122 valence electrons. The maximum atomic E-state index is 12.7. The van der Waals surface area contributed by atoms with Crippen molar-refractivity contribution in [2.75, 3.05) is 11.9 Å². The molecule has 0 heterocycles. The number of hydrogen-bond acceptors (Lipinski definition) is 2. The molecule has 3 nitrogen and oxygen atoms in total. The Bertz CT molecular complexity index is 880. The zero-order valence-corrected chi connectivity index (χ0v) is 12.9. The van der Waals surface area contributed by atoms with Crippen molar-refractivity contribution in [3.63, 3.8) is 0 Å². The Hall–Kier alpha value is -2.95. The highest BCUT2D eigenvalue weighted by molar-refractivity contribution is 6.08. The highest BCUT2D eigenvalue weighted by atomic mass is 19.3. The summed E-state index contributed by atoms with van der Waals surface area (Å²) in [5, 5.41) is 2.05. The SMILES string of the molecule is CN(C(=O)c1ccccc1OC(F)F)c1ccc2ccccc2c1. The summed E-state index contributed by atoms with van der Waals surface area (Å²) in [6, 6.07) is 19.4. The smallest absolute Gasteiger partial charge is 0.387 e. The molecule has 3 rings (SSSR count). The summed E-state index contributed by atoms with van der Waals surface area (Å²) in [6.07, 6.45) is 0. The lowest BCUT2D eigenvalue weighted by Gasteiger charge is -2.19. The van der Waals surface area contributed by atoms with Crippen molar-refractivity contribution in [1.29, 1.82) is 0 Å². The molecule has 0 unspecified atom stereocenters. The molecule has 0 spiro atoms. The minimum atomic E-state index is -2.98. The van der Waals surface area contributed by atoms with Gasteiger partial charge in [-0.3, -0.25) is 4.79 Å². The molecule has 0 saturated heterocycles. The number of rotatable bonds is 4. The Labute approximate surface area is 138 Å². The van der Waals surface area contributed by atoms with Crippen LogP contribution < -0.4 is 9.64 Å². The summed E-state index contributed by atoms with van der Waals surface area (Å²) in [7, 11) is 1.60. The highest BCUT2D eigenvalue weighted by Gasteiger charge is 2.19. The molecule has 3 aromatic carbocycles. The van der Waals surface area contributed by atoms with E-state index in [-0.39, 0.29) is 11.3 Å². The lowest BCUT2D eigenvalue weighted by molar-refractivity contribution is -0.0501. The van der Waals surface area contributed by atoms with Crippen molar-refractivity contribution in [2.24, 2.45) is 0 Å². The van der Waals surface area contributed by atoms with Crippen LogP contribution in [0.15, 0.2) is 66.7 Å². The Morgan fingerprint density at radius 2 is 1.62 bits per heavy atom. The quantitative estimate of drug-likeness (QED) is 0.694. The summed E-state index contributed by atoms with van der Waals surface area (Å²) >= 11 is 0. The molecular weight excluding hydrogens is 312 g/mol. The maximum Gasteiger partial charge on any atom is 0.387 e. The first kappa shape index (κ1) is 15.9. The van der Waals surface area contributed by atoms with Gasteiger partial charge in [-0.2, -0.15) is 8.78 Å². The van der Waals surface area contributed by atoms with Crippen LogP contribution in [0.4, 0.5) is 14.5 Å². The van der Waals surface area contributed by atoms with Gasteiger partial charge in [-0.05, 0) is 35.0 Å². The number of benzene rings is 3. The molecule has 0 aliphatic rings. The molecule has 0 atom stereocenters. The van der Waals surface area contributed by atoms with E-state index < -0.39 is 12.5 Å². The molecule has 3 aromatic rings. The third-order valence-electron chi connectivity index (χ3n) is 3.76. The molecule has 5 heteroatoms. The zero-order valence-electron chi connectivity index (χ0n) is 12.9. The fourth-order valence-corrected chi connectivity index (χ4v) is 2.53. The summed E-state index contributed by atoms with van der Waals surface area (Å²) in [4.78, 5) is 14.1. The van der Waals surface area contributed by atoms with Crippen molar-refractivity contribution in [1.82, 2.24) is 0 Å². The number of nitrogens with zero attached hydrogens (tertiary/aromatic N) is 1. The maximum absolute atomic E-state index is 12.7. The van der Waals surface area contributed by atoms with Crippen LogP contribution in [0.5, 0.6) is 5.75 Å². The van der Waals surface area contributed by atoms with Gasteiger partial charge in [-0.25, -0.2) is 0 Å². The number of carbonyl (C=O) groups is 1. The number of ether oxygens (including phenoxy) is 1. The van der Waals surface area contributed by atoms with Crippen LogP contribution in [0.3, 0.4) is 0 Å². The zero-order chi connectivity index (χ0) is 17.1. The normalized spacial score (nSPS) is 10.8. The van der Waals surface area contributed by atoms with Crippen molar-refractivity contribution in [3.8, 4) is 5.75 Å². The minimum absolute atomic E-state index is 0.0912. The Balaban J connectivity index is 1.94. The molecule has 0 aliphatic carbocycles. The summed E-state index contributed by atoms with van der Waals surface area (Å²) in [6.45, 7) is -2.98. The lowest BCUT2D eigenvalue weighted by Crippen LogP contribution is -2.27. The lowest BCUT2D eigenvalue weighted by atomic mass is 10.1. The van der Waals surface area contributed by atoms with Crippen LogP contribution in [0.1, 0.15) is 10.4 Å². The Morgan fingerprint density at radius 3 is 2.38 bits per heavy atom. The standard InChI is InChI=1S/C19H15F2NO2/c1-22(15-11-10-13-6-2-3-7-14(13)12-15)18(23)16-8-4-5-9-17(16)24-19(20)21/h2-12,19H,1H3. The topological polar surface area (TPSA) is 29.5 Å². The number of alkyl halides is 2. The molecule has 0 N–H and O–H groups in total. The largest absolute Gasteiger partial charge is 0.434 e. The molecule has 0 saturated carbocycles. The minimum Gasteiger partial charge on any atom is -0.434 e. The molecular formula is C19H15F2NO2. The van der Waals surface area contributed by atoms with Gasteiger partial charge < -0.3 is 9.64 Å². The van der Waals surface area contributed by atoms with E-state index in [4.69, 9.17) is 0 Å². The number of carbonyl (C=O) groups excluding carboxylic acids is 1. The van der Waals surface area contributed by atoms with Crippen molar-refractivity contribution >= 4 is 22.4 Å². The number of hydrogen-bond donors (Lipinski definition) is 0. The predicted octanol–water partition coefficient (Wildman–Crippen LogP) is 4.72. The van der Waals surface area contributed by atoms with E-state index in [0.29, 0.717) is 5.69 Å². The summed E-state index contributed by atoms with van der Waals surface area (Å²) < 4.78 is 29.5. The molecule has 0 radical (unpaired) electrons. The molecule has 1 amide bonds. The summed E-state index contributed by atoms with van der Waals surface area (Å²) in [5.41, 5.74) is 0.763. The molecule has 0 aliphatic heterocycles. The van der Waals surface area contributed by atoms with E-state index >= 15 is 0 Å². The number of anilines is 1. The predicted molar refractivity (Wildman–Crippen MR) is 89.8 cm³/mol. The van der Waals surface area contributed by atoms with Crippen molar-refractivity contribution in [2.45, 2.75) is 6.61 Å². The molecule has 0 bridgehead atoms. The van der Waals surface area contributed by atoms with E-state index in [1.165, 1.54) is 17.0 Å². The first-order valence-electron chi connectivity index (χ1n) is 7.37. The second-order valence-corrected chi connectivity index (χ2v) is 5.27. The van der Waals surface area contributed by atoms with Crippen LogP contribution in [-0.2, 0) is 0 Å². The van der Waals surface area contributed by atoms with Gasteiger partial charge in [0.05, 0.1) is 5.56 Å². The third-order valence-corrected chi connectivity index (χ3v) is 3.76. The van der Waals surface area contributed by atoms with E-state index in [9.17, 15) is 13.6 Å². The van der Waals surface area contributed by atoms with Gasteiger partial charge in [-0.1, -0.05) is 42.5 Å². The van der Waals surface area contributed by atoms with Crippen LogP contribution in [0.25, 0.3) is 10.8 Å². The van der Waals surface area contributed by atoms with Gasteiger partial charge in [0.15, 0.2) is 0 Å². The van der Waals surface area contributed by atoms with Crippen LogP contribution >= 0.6 is 0 Å². The van der Waals surface area contributed by atoms with Crippen molar-refractivity contribution < 1.29 is 18.3 Å². The first-order valence-corrected chi connectivity index (χ1v) is 7.37. The monoisotopic (exact) mass is 327 g/mol. The van der Waals surface area contributed by atoms with Gasteiger partial charge in [0.1, 0.15) is 5.75 Å². The van der Waals surface area contributed by atoms with Gasteiger partial charge in [-0.15, -0.1) is 0 Å². The highest BCUT2D eigenvalue weighted by Crippen LogP contribution is 2.26. The number of amides is 1. The van der Waals surface area contributed by atoms with Crippen LogP contribution in [0, 0.1) is 0 Å². The molecule has 0 aromatic heterocycles. The third kappa shape index (κ3) is 3.20. The van der Waals surface area contributed by atoms with Crippen LogP contribution in [-0.4, -0.2) is 19.6 Å². The van der Waals surface area contributed by atoms with E-state index in [1.807, 2.05) is 42.5 Å². The fourth-order valence-electron chi connectivity index (χ4n) is 2.53. The number of fused-ring (bicyclic) bond motifs is 1. The number of halogens is 2. The molecule has 0 fully saturated rings. The van der Waals surface area contributed by atoms with Crippen LogP contribution in [0.2, 0.25) is 0 Å². The fraction of sp³-hybridized carbons (Fsp3) is 0.105. The van der Waals surface area contributed by atoms with E-state index in [2.05, 4.69) is 4.74 Å². The Kier molecular flexibility index (Phi) is 4.42.